The van der Waals surface area contributed by atoms with Gasteiger partial charge < -0.3 is 4.90 Å². The van der Waals surface area contributed by atoms with E-state index in [0.717, 1.165) is 19.4 Å². The molecule has 1 amide bonds. The van der Waals surface area contributed by atoms with Crippen LogP contribution in [0.2, 0.25) is 0 Å². The van der Waals surface area contributed by atoms with E-state index in [1.165, 1.54) is 11.2 Å². The molecule has 0 N–H and O–H groups in total. The zero-order valence-corrected chi connectivity index (χ0v) is 11.4. The summed E-state index contributed by atoms with van der Waals surface area (Å²) >= 11 is 1.74. The number of hydrogen-bond acceptors (Lipinski definition) is 4. The van der Waals surface area contributed by atoms with E-state index in [2.05, 4.69) is 27.6 Å². The van der Waals surface area contributed by atoms with Crippen molar-refractivity contribution in [1.29, 1.82) is 0 Å². The molecule has 0 spiro atoms. The van der Waals surface area contributed by atoms with Crippen LogP contribution >= 0.6 is 11.3 Å². The van der Waals surface area contributed by atoms with E-state index in [-0.39, 0.29) is 11.9 Å². The van der Waals surface area contributed by atoms with Gasteiger partial charge >= 0.3 is 0 Å². The van der Waals surface area contributed by atoms with Gasteiger partial charge in [0.1, 0.15) is 12.7 Å². The van der Waals surface area contributed by atoms with E-state index in [9.17, 15) is 4.79 Å². The number of rotatable bonds is 4. The fourth-order valence-corrected chi connectivity index (χ4v) is 3.42. The largest absolute Gasteiger partial charge is 0.335 e. The maximum absolute atomic E-state index is 12.3. The molecule has 0 aliphatic carbocycles. The van der Waals surface area contributed by atoms with E-state index in [1.807, 2.05) is 4.90 Å². The van der Waals surface area contributed by atoms with Gasteiger partial charge in [0.05, 0.1) is 12.6 Å². The smallest absolute Gasteiger partial charge is 0.224 e. The lowest BCUT2D eigenvalue weighted by Gasteiger charge is -2.23. The summed E-state index contributed by atoms with van der Waals surface area (Å²) in [6, 6.07) is 4.46. The summed E-state index contributed by atoms with van der Waals surface area (Å²) in [7, 11) is 0. The van der Waals surface area contributed by atoms with Crippen molar-refractivity contribution in [3.8, 4) is 0 Å². The van der Waals surface area contributed by atoms with Crippen molar-refractivity contribution in [3.63, 3.8) is 0 Å². The monoisotopic (exact) mass is 276 g/mol. The van der Waals surface area contributed by atoms with Crippen molar-refractivity contribution in [3.05, 3.63) is 35.0 Å². The zero-order chi connectivity index (χ0) is 13.1. The fourth-order valence-electron chi connectivity index (χ4n) is 2.54. The van der Waals surface area contributed by atoms with Gasteiger partial charge in [-0.2, -0.15) is 5.10 Å². The van der Waals surface area contributed by atoms with Gasteiger partial charge in [-0.3, -0.25) is 9.48 Å². The van der Waals surface area contributed by atoms with Crippen molar-refractivity contribution >= 4 is 17.2 Å². The van der Waals surface area contributed by atoms with Crippen molar-refractivity contribution in [2.24, 2.45) is 0 Å². The Balaban J connectivity index is 1.62. The number of nitrogens with zero attached hydrogens (tertiary/aromatic N) is 4. The number of hydrogen-bond donors (Lipinski definition) is 0. The molecule has 19 heavy (non-hydrogen) atoms. The Kier molecular flexibility index (Phi) is 3.59. The molecule has 1 saturated heterocycles. The topological polar surface area (TPSA) is 51.0 Å². The maximum Gasteiger partial charge on any atom is 0.224 e. The van der Waals surface area contributed by atoms with Gasteiger partial charge in [-0.15, -0.1) is 11.3 Å². The van der Waals surface area contributed by atoms with Crippen LogP contribution in [0.4, 0.5) is 0 Å². The van der Waals surface area contributed by atoms with Crippen LogP contribution in [0.3, 0.4) is 0 Å². The highest BCUT2D eigenvalue weighted by Gasteiger charge is 2.30. The highest BCUT2D eigenvalue weighted by atomic mass is 32.1. The van der Waals surface area contributed by atoms with Crippen molar-refractivity contribution in [1.82, 2.24) is 19.7 Å². The van der Waals surface area contributed by atoms with Crippen LogP contribution in [0, 0.1) is 0 Å². The van der Waals surface area contributed by atoms with E-state index in [0.29, 0.717) is 13.0 Å². The molecule has 2 aromatic rings. The van der Waals surface area contributed by atoms with Crippen LogP contribution in [0.5, 0.6) is 0 Å². The lowest BCUT2D eigenvalue weighted by atomic mass is 10.2. The van der Waals surface area contributed by atoms with Gasteiger partial charge in [0.15, 0.2) is 0 Å². The van der Waals surface area contributed by atoms with Crippen LogP contribution in [0.25, 0.3) is 0 Å². The molecule has 0 radical (unpaired) electrons. The minimum Gasteiger partial charge on any atom is -0.335 e. The molecule has 0 unspecified atom stereocenters. The third kappa shape index (κ3) is 2.68. The van der Waals surface area contributed by atoms with Gasteiger partial charge in [0, 0.05) is 17.8 Å². The summed E-state index contributed by atoms with van der Waals surface area (Å²) < 4.78 is 1.70. The highest BCUT2D eigenvalue weighted by Crippen LogP contribution is 2.34. The second kappa shape index (κ2) is 5.52. The van der Waals surface area contributed by atoms with Crippen LogP contribution in [0.1, 0.15) is 30.2 Å². The number of carbonyl (C=O) groups is 1. The summed E-state index contributed by atoms with van der Waals surface area (Å²) in [6.45, 7) is 1.48. The zero-order valence-electron chi connectivity index (χ0n) is 10.6. The number of carbonyl (C=O) groups excluding carboxylic acids is 1. The molecule has 1 aliphatic rings. The summed E-state index contributed by atoms with van der Waals surface area (Å²) in [5.41, 5.74) is 0. The van der Waals surface area contributed by atoms with Crippen LogP contribution in [-0.4, -0.2) is 32.1 Å². The first kappa shape index (κ1) is 12.3. The summed E-state index contributed by atoms with van der Waals surface area (Å²) in [4.78, 5) is 19.5. The van der Waals surface area contributed by atoms with Gasteiger partial charge in [-0.05, 0) is 24.3 Å². The van der Waals surface area contributed by atoms with Crippen molar-refractivity contribution < 1.29 is 4.79 Å². The Morgan fingerprint density at radius 1 is 1.53 bits per heavy atom. The van der Waals surface area contributed by atoms with Gasteiger partial charge in [0.2, 0.25) is 5.91 Å². The molecule has 0 saturated carbocycles. The molecular weight excluding hydrogens is 260 g/mol. The molecule has 0 bridgehead atoms. The number of thiophene rings is 1. The normalized spacial score (nSPS) is 18.9. The van der Waals surface area contributed by atoms with Crippen LogP contribution in [-0.2, 0) is 11.3 Å². The van der Waals surface area contributed by atoms with Crippen molar-refractivity contribution in [2.45, 2.75) is 31.8 Å². The second-order valence-corrected chi connectivity index (χ2v) is 5.65. The lowest BCUT2D eigenvalue weighted by molar-refractivity contribution is -0.132. The first-order valence-corrected chi connectivity index (χ1v) is 7.38. The predicted molar refractivity (Wildman–Crippen MR) is 72.6 cm³/mol. The average Bonchev–Trinajstić information content (AvgIpc) is 3.14. The third-order valence-corrected chi connectivity index (χ3v) is 4.44. The summed E-state index contributed by atoms with van der Waals surface area (Å²) in [5, 5.41) is 6.10. The SMILES string of the molecule is O=C(CCn1cncn1)N1CCC[C@@H]1c1cccs1. The van der Waals surface area contributed by atoms with E-state index in [4.69, 9.17) is 0 Å². The van der Waals surface area contributed by atoms with Gasteiger partial charge in [-0.25, -0.2) is 4.98 Å². The Morgan fingerprint density at radius 3 is 3.21 bits per heavy atom. The van der Waals surface area contributed by atoms with Crippen LogP contribution in [0.15, 0.2) is 30.2 Å². The van der Waals surface area contributed by atoms with Gasteiger partial charge in [-0.1, -0.05) is 6.07 Å². The summed E-state index contributed by atoms with van der Waals surface area (Å²) in [6.07, 6.45) is 5.81. The van der Waals surface area contributed by atoms with Crippen molar-refractivity contribution in [2.75, 3.05) is 6.54 Å². The molecule has 2 aromatic heterocycles. The Bertz CT molecular complexity index is 523. The Hall–Kier alpha value is -1.69. The molecule has 1 atom stereocenters. The lowest BCUT2D eigenvalue weighted by Crippen LogP contribution is -2.30. The standard InChI is InChI=1S/C13H16N4OS/c18-13(5-7-16-10-14-9-15-16)17-6-1-3-11(17)12-4-2-8-19-12/h2,4,8-11H,1,3,5-7H2/t11-/m1/s1. The minimum absolute atomic E-state index is 0.214. The molecule has 3 rings (SSSR count). The molecular formula is C13H16N4OS. The van der Waals surface area contributed by atoms with E-state index in [1.54, 1.807) is 22.3 Å². The maximum atomic E-state index is 12.3. The quantitative estimate of drug-likeness (QED) is 0.859. The molecule has 0 aromatic carbocycles. The minimum atomic E-state index is 0.214. The number of likely N-dealkylation sites (tertiary alicyclic amines) is 1. The predicted octanol–water partition coefficient (Wildman–Crippen LogP) is 2.09. The molecule has 100 valence electrons. The molecule has 5 nitrogen and oxygen atoms in total. The third-order valence-electron chi connectivity index (χ3n) is 3.47. The van der Waals surface area contributed by atoms with Crippen LogP contribution < -0.4 is 0 Å². The number of amides is 1. The molecule has 6 heteroatoms. The Labute approximate surface area is 115 Å². The second-order valence-electron chi connectivity index (χ2n) is 4.67. The highest BCUT2D eigenvalue weighted by molar-refractivity contribution is 7.10. The molecule has 1 fully saturated rings. The number of aromatic nitrogens is 3. The summed E-state index contributed by atoms with van der Waals surface area (Å²) in [5.74, 6) is 0.214. The number of aryl methyl sites for hydroxylation is 1. The van der Waals surface area contributed by atoms with Gasteiger partial charge in [0.25, 0.3) is 0 Å². The fraction of sp³-hybridized carbons (Fsp3) is 0.462. The molecule has 3 heterocycles. The Morgan fingerprint density at radius 2 is 2.47 bits per heavy atom. The van der Waals surface area contributed by atoms with E-state index < -0.39 is 0 Å². The van der Waals surface area contributed by atoms with E-state index >= 15 is 0 Å². The first-order chi connectivity index (χ1) is 9.34. The molecule has 1 aliphatic heterocycles. The first-order valence-electron chi connectivity index (χ1n) is 6.50. The average molecular weight is 276 g/mol.